The highest BCUT2D eigenvalue weighted by Gasteiger charge is 2.46. The number of nitrogens with two attached hydrogens (primary N) is 1. The van der Waals surface area contributed by atoms with Crippen LogP contribution in [0.3, 0.4) is 0 Å². The molecule has 1 aliphatic carbocycles. The number of carbonyl (C=O) groups is 2. The van der Waals surface area contributed by atoms with Crippen LogP contribution in [0.25, 0.3) is 0 Å². The molecule has 0 bridgehead atoms. The van der Waals surface area contributed by atoms with Crippen LogP contribution in [-0.2, 0) is 9.59 Å². The molecular weight excluding hydrogens is 447 g/mol. The summed E-state index contributed by atoms with van der Waals surface area (Å²) in [5.41, 5.74) is 8.39. The zero-order chi connectivity index (χ0) is 22.8. The molecule has 8 heteroatoms. The van der Waals surface area contributed by atoms with Gasteiger partial charge in [0.15, 0.2) is 0 Å². The first-order valence-corrected chi connectivity index (χ1v) is 11.6. The average molecular weight is 473 g/mol. The third-order valence-electron chi connectivity index (χ3n) is 6.14. The van der Waals surface area contributed by atoms with E-state index in [1.54, 1.807) is 23.2 Å². The summed E-state index contributed by atoms with van der Waals surface area (Å²) in [6, 6.07) is 12.3. The molecule has 0 radical (unpaired) electrons. The second-order valence-corrected chi connectivity index (χ2v) is 9.31. The summed E-state index contributed by atoms with van der Waals surface area (Å²) in [5, 5.41) is 10.1. The Morgan fingerprint density at radius 3 is 2.38 bits per heavy atom. The van der Waals surface area contributed by atoms with Gasteiger partial charge in [-0.3, -0.25) is 14.6 Å². The molecule has 1 aliphatic heterocycles. The number of carbonyl (C=O) groups excluding carboxylic acids is 2. The van der Waals surface area contributed by atoms with Crippen LogP contribution in [0, 0.1) is 12.8 Å². The van der Waals surface area contributed by atoms with Gasteiger partial charge in [-0.1, -0.05) is 72.3 Å². The molecule has 2 aromatic rings. The fourth-order valence-corrected chi connectivity index (χ4v) is 4.98. The molecule has 2 unspecified atom stereocenters. The minimum atomic E-state index is -0.923. The van der Waals surface area contributed by atoms with Crippen molar-refractivity contribution in [1.29, 1.82) is 0 Å². The molecule has 1 heterocycles. The molecule has 4 rings (SSSR count). The number of primary amides is 1. The van der Waals surface area contributed by atoms with Crippen LogP contribution in [0.4, 0.5) is 5.69 Å². The number of nitrogens with zero attached hydrogens (tertiary/aromatic N) is 2. The summed E-state index contributed by atoms with van der Waals surface area (Å²) in [7, 11) is 0. The van der Waals surface area contributed by atoms with Crippen LogP contribution in [0.5, 0.6) is 0 Å². The minimum absolute atomic E-state index is 0.0819. The lowest BCUT2D eigenvalue weighted by Gasteiger charge is -2.28. The van der Waals surface area contributed by atoms with Crippen LogP contribution < -0.4 is 16.1 Å². The van der Waals surface area contributed by atoms with E-state index in [0.717, 1.165) is 36.8 Å². The molecule has 2 atom stereocenters. The summed E-state index contributed by atoms with van der Waals surface area (Å²) < 4.78 is 0. The van der Waals surface area contributed by atoms with Crippen molar-refractivity contribution in [2.75, 3.05) is 5.01 Å². The van der Waals surface area contributed by atoms with Crippen LogP contribution in [0.15, 0.2) is 47.6 Å². The number of amides is 2. The monoisotopic (exact) mass is 472 g/mol. The van der Waals surface area contributed by atoms with Gasteiger partial charge in [-0.15, -0.1) is 0 Å². The van der Waals surface area contributed by atoms with E-state index in [1.165, 1.54) is 6.42 Å². The van der Waals surface area contributed by atoms with Gasteiger partial charge >= 0.3 is 0 Å². The Morgan fingerprint density at radius 2 is 1.75 bits per heavy atom. The highest BCUT2D eigenvalue weighted by Crippen LogP contribution is 2.42. The van der Waals surface area contributed by atoms with Crippen LogP contribution in [0.2, 0.25) is 10.0 Å². The predicted molar refractivity (Wildman–Crippen MR) is 128 cm³/mol. The number of hydrazone groups is 1. The van der Waals surface area contributed by atoms with Gasteiger partial charge in [0.2, 0.25) is 5.91 Å². The zero-order valence-corrected chi connectivity index (χ0v) is 19.4. The molecule has 2 aromatic carbocycles. The molecule has 32 heavy (non-hydrogen) atoms. The molecule has 3 N–H and O–H groups in total. The summed E-state index contributed by atoms with van der Waals surface area (Å²) in [5.74, 6) is -1.89. The zero-order valence-electron chi connectivity index (χ0n) is 17.9. The quantitative estimate of drug-likeness (QED) is 0.656. The molecule has 1 fully saturated rings. The molecule has 0 saturated heterocycles. The SMILES string of the molecule is Cc1ccc(C2C(C(N)=O)C(C(=O)NC3CCCCC3)=NN2c2ccc(Cl)cc2Cl)cc1. The van der Waals surface area contributed by atoms with Crippen molar-refractivity contribution in [1.82, 2.24) is 5.32 Å². The van der Waals surface area contributed by atoms with Crippen molar-refractivity contribution in [3.05, 3.63) is 63.6 Å². The Kier molecular flexibility index (Phi) is 6.72. The lowest BCUT2D eigenvalue weighted by atomic mass is 9.88. The van der Waals surface area contributed by atoms with Crippen molar-refractivity contribution in [3.63, 3.8) is 0 Å². The van der Waals surface area contributed by atoms with Gasteiger partial charge in [-0.2, -0.15) is 5.10 Å². The van der Waals surface area contributed by atoms with E-state index < -0.39 is 17.9 Å². The first-order chi connectivity index (χ1) is 15.3. The average Bonchev–Trinajstić information content (AvgIpc) is 3.16. The number of halogens is 2. The number of hydrogen-bond donors (Lipinski definition) is 2. The van der Waals surface area contributed by atoms with Crippen LogP contribution in [0.1, 0.15) is 49.3 Å². The maximum Gasteiger partial charge on any atom is 0.268 e. The fourth-order valence-electron chi connectivity index (χ4n) is 4.48. The van der Waals surface area contributed by atoms with Gasteiger partial charge < -0.3 is 11.1 Å². The van der Waals surface area contributed by atoms with Gasteiger partial charge in [0.25, 0.3) is 5.91 Å². The fraction of sp³-hybridized carbons (Fsp3) is 0.375. The highest BCUT2D eigenvalue weighted by molar-refractivity contribution is 6.44. The molecule has 2 aliphatic rings. The standard InChI is InChI=1S/C24H26Cl2N4O2/c1-14-7-9-15(10-8-14)22-20(23(27)31)21(24(32)28-17-5-3-2-4-6-17)29-30(22)19-12-11-16(25)13-18(19)26/h7-13,17,20,22H,2-6H2,1H3,(H2,27,31)(H,28,32). The van der Waals surface area contributed by atoms with E-state index in [1.807, 2.05) is 31.2 Å². The summed E-state index contributed by atoms with van der Waals surface area (Å²) in [4.78, 5) is 25.9. The first kappa shape index (κ1) is 22.6. The third kappa shape index (κ3) is 4.62. The highest BCUT2D eigenvalue weighted by atomic mass is 35.5. The molecule has 0 spiro atoms. The second kappa shape index (κ2) is 9.51. The number of nitrogens with one attached hydrogen (secondary N) is 1. The van der Waals surface area contributed by atoms with Gasteiger partial charge in [-0.25, -0.2) is 0 Å². The Labute approximate surface area is 197 Å². The predicted octanol–water partition coefficient (Wildman–Crippen LogP) is 4.77. The largest absolute Gasteiger partial charge is 0.369 e. The molecule has 2 amide bonds. The lowest BCUT2D eigenvalue weighted by molar-refractivity contribution is -0.122. The number of benzene rings is 2. The number of anilines is 1. The van der Waals surface area contributed by atoms with Crippen LogP contribution in [-0.4, -0.2) is 23.6 Å². The van der Waals surface area contributed by atoms with E-state index >= 15 is 0 Å². The molecular formula is C24H26Cl2N4O2. The Balaban J connectivity index is 1.76. The van der Waals surface area contributed by atoms with Gasteiger partial charge in [0.1, 0.15) is 11.6 Å². The van der Waals surface area contributed by atoms with Crippen molar-refractivity contribution >= 4 is 46.4 Å². The minimum Gasteiger partial charge on any atom is -0.369 e. The Hall–Kier alpha value is -2.57. The lowest BCUT2D eigenvalue weighted by Crippen LogP contribution is -2.45. The summed E-state index contributed by atoms with van der Waals surface area (Å²) in [6.07, 6.45) is 5.18. The number of aryl methyl sites for hydroxylation is 1. The number of rotatable bonds is 5. The summed E-state index contributed by atoms with van der Waals surface area (Å²) in [6.45, 7) is 1.98. The normalized spacial score (nSPS) is 21.3. The van der Waals surface area contributed by atoms with Crippen molar-refractivity contribution < 1.29 is 9.59 Å². The summed E-state index contributed by atoms with van der Waals surface area (Å²) >= 11 is 12.6. The topological polar surface area (TPSA) is 87.8 Å². The molecule has 1 saturated carbocycles. The van der Waals surface area contributed by atoms with Crippen molar-refractivity contribution in [2.45, 2.75) is 51.1 Å². The van der Waals surface area contributed by atoms with E-state index in [0.29, 0.717) is 15.7 Å². The molecule has 0 aromatic heterocycles. The van der Waals surface area contributed by atoms with Crippen molar-refractivity contribution in [3.8, 4) is 0 Å². The molecule has 6 nitrogen and oxygen atoms in total. The van der Waals surface area contributed by atoms with Gasteiger partial charge in [0, 0.05) is 11.1 Å². The van der Waals surface area contributed by atoms with Crippen LogP contribution >= 0.6 is 23.2 Å². The second-order valence-electron chi connectivity index (χ2n) is 8.47. The number of hydrogen-bond acceptors (Lipinski definition) is 4. The van der Waals surface area contributed by atoms with E-state index in [4.69, 9.17) is 28.9 Å². The van der Waals surface area contributed by atoms with E-state index in [9.17, 15) is 9.59 Å². The Morgan fingerprint density at radius 1 is 1.06 bits per heavy atom. The van der Waals surface area contributed by atoms with Crippen molar-refractivity contribution in [2.24, 2.45) is 16.8 Å². The van der Waals surface area contributed by atoms with E-state index in [-0.39, 0.29) is 17.7 Å². The smallest absolute Gasteiger partial charge is 0.268 e. The maximum absolute atomic E-state index is 13.2. The molecule has 168 valence electrons. The Bertz CT molecular complexity index is 1050. The first-order valence-electron chi connectivity index (χ1n) is 10.8. The van der Waals surface area contributed by atoms with E-state index in [2.05, 4.69) is 10.4 Å². The third-order valence-corrected chi connectivity index (χ3v) is 6.68. The maximum atomic E-state index is 13.2. The van der Waals surface area contributed by atoms with Gasteiger partial charge in [-0.05, 0) is 43.5 Å². The van der Waals surface area contributed by atoms with Gasteiger partial charge in [0.05, 0.1) is 16.8 Å².